The topological polar surface area (TPSA) is 0 Å². The van der Waals surface area contributed by atoms with Gasteiger partial charge in [-0.1, -0.05) is 61.4 Å². The molecule has 1 rings (SSSR count). The summed E-state index contributed by atoms with van der Waals surface area (Å²) in [5.74, 6) is 2.11. The minimum absolute atomic E-state index is 1.04. The molecule has 1 aliphatic carbocycles. The highest BCUT2D eigenvalue weighted by Crippen LogP contribution is 2.33. The summed E-state index contributed by atoms with van der Waals surface area (Å²) in [5, 5.41) is 1.20. The fourth-order valence-electron chi connectivity index (χ4n) is 2.37. The summed E-state index contributed by atoms with van der Waals surface area (Å²) in [7, 11) is 0. The normalized spacial score (nSPS) is 30.5. The molecule has 0 bridgehead atoms. The summed E-state index contributed by atoms with van der Waals surface area (Å²) in [6.07, 6.45) is 10.3. The zero-order valence-corrected chi connectivity index (χ0v) is 9.78. The molecule has 12 heavy (non-hydrogen) atoms. The van der Waals surface area contributed by atoms with Gasteiger partial charge >= 0.3 is 0 Å². The number of rotatable bonds is 4. The van der Waals surface area contributed by atoms with Gasteiger partial charge in [-0.2, -0.15) is 0 Å². The average molecular weight is 233 g/mol. The molecular weight excluding hydrogens is 212 g/mol. The van der Waals surface area contributed by atoms with Gasteiger partial charge < -0.3 is 0 Å². The lowest BCUT2D eigenvalue weighted by molar-refractivity contribution is 0.259. The first-order valence-electron chi connectivity index (χ1n) is 5.42. The highest BCUT2D eigenvalue weighted by molar-refractivity contribution is 9.09. The first-order valence-corrected chi connectivity index (χ1v) is 6.55. The Morgan fingerprint density at radius 1 is 1.00 bits per heavy atom. The van der Waals surface area contributed by atoms with Gasteiger partial charge in [-0.3, -0.25) is 0 Å². The highest BCUT2D eigenvalue weighted by Gasteiger charge is 2.19. The Labute approximate surface area is 85.3 Å². The maximum Gasteiger partial charge on any atom is 0.00339 e. The van der Waals surface area contributed by atoms with E-state index in [0.29, 0.717) is 0 Å². The van der Waals surface area contributed by atoms with Gasteiger partial charge in [-0.15, -0.1) is 0 Å². The van der Waals surface area contributed by atoms with Crippen LogP contribution in [0.4, 0.5) is 0 Å². The Balaban J connectivity index is 2.11. The Kier molecular flexibility index (Phi) is 5.29. The third kappa shape index (κ3) is 3.47. The molecule has 0 amide bonds. The van der Waals surface area contributed by atoms with Crippen molar-refractivity contribution in [2.24, 2.45) is 11.8 Å². The lowest BCUT2D eigenvalue weighted by Crippen LogP contribution is -2.14. The molecule has 0 saturated heterocycles. The predicted molar refractivity (Wildman–Crippen MR) is 58.8 cm³/mol. The third-order valence-corrected chi connectivity index (χ3v) is 3.64. The van der Waals surface area contributed by atoms with E-state index in [1.165, 1.54) is 50.3 Å². The van der Waals surface area contributed by atoms with E-state index < -0.39 is 0 Å². The number of halogens is 1. The average Bonchev–Trinajstić information content (AvgIpc) is 2.09. The SMILES string of the molecule is CCC[C@H]1CC[C@H](CCBr)CC1. The van der Waals surface area contributed by atoms with Gasteiger partial charge in [0.25, 0.3) is 0 Å². The zero-order chi connectivity index (χ0) is 8.81. The van der Waals surface area contributed by atoms with Gasteiger partial charge in [0, 0.05) is 5.33 Å². The van der Waals surface area contributed by atoms with Crippen LogP contribution in [0.25, 0.3) is 0 Å². The Hall–Kier alpha value is 0.480. The molecule has 1 heteroatoms. The first-order chi connectivity index (χ1) is 5.86. The van der Waals surface area contributed by atoms with Crippen LogP contribution >= 0.6 is 15.9 Å². The molecule has 0 radical (unpaired) electrons. The predicted octanol–water partition coefficient (Wildman–Crippen LogP) is 4.38. The van der Waals surface area contributed by atoms with E-state index in [0.717, 1.165) is 11.8 Å². The van der Waals surface area contributed by atoms with Crippen molar-refractivity contribution in [3.63, 3.8) is 0 Å². The minimum atomic E-state index is 1.04. The number of alkyl halides is 1. The largest absolute Gasteiger partial charge is 0.0928 e. The van der Waals surface area contributed by atoms with Gasteiger partial charge in [0.1, 0.15) is 0 Å². The zero-order valence-electron chi connectivity index (χ0n) is 8.19. The molecule has 1 fully saturated rings. The van der Waals surface area contributed by atoms with Crippen molar-refractivity contribution in [2.75, 3.05) is 5.33 Å². The van der Waals surface area contributed by atoms with Crippen molar-refractivity contribution in [1.29, 1.82) is 0 Å². The molecule has 72 valence electrons. The molecule has 1 saturated carbocycles. The second-order valence-corrected chi connectivity index (χ2v) is 4.95. The van der Waals surface area contributed by atoms with E-state index in [2.05, 4.69) is 22.9 Å². The van der Waals surface area contributed by atoms with Crippen molar-refractivity contribution >= 4 is 15.9 Å². The van der Waals surface area contributed by atoms with Crippen LogP contribution in [0, 0.1) is 11.8 Å². The maximum atomic E-state index is 3.53. The van der Waals surface area contributed by atoms with E-state index >= 15 is 0 Å². The Morgan fingerprint density at radius 2 is 1.50 bits per heavy atom. The van der Waals surface area contributed by atoms with Gasteiger partial charge in [0.15, 0.2) is 0 Å². The molecule has 0 heterocycles. The molecule has 0 nitrogen and oxygen atoms in total. The Morgan fingerprint density at radius 3 is 1.92 bits per heavy atom. The van der Waals surface area contributed by atoms with Crippen molar-refractivity contribution in [3.05, 3.63) is 0 Å². The molecular formula is C11H21Br. The third-order valence-electron chi connectivity index (χ3n) is 3.18. The Bertz CT molecular complexity index is 89.6. The molecule has 0 unspecified atom stereocenters. The number of hydrogen-bond acceptors (Lipinski definition) is 0. The van der Waals surface area contributed by atoms with E-state index in [9.17, 15) is 0 Å². The van der Waals surface area contributed by atoms with Crippen LogP contribution in [0.15, 0.2) is 0 Å². The second-order valence-electron chi connectivity index (χ2n) is 4.15. The fraction of sp³-hybridized carbons (Fsp3) is 1.00. The van der Waals surface area contributed by atoms with E-state index in [1.54, 1.807) is 0 Å². The molecule has 0 aromatic heterocycles. The maximum absolute atomic E-state index is 3.53. The molecule has 0 N–H and O–H groups in total. The van der Waals surface area contributed by atoms with Gasteiger partial charge in [0.05, 0.1) is 0 Å². The fourth-order valence-corrected chi connectivity index (χ4v) is 3.02. The summed E-state index contributed by atoms with van der Waals surface area (Å²) < 4.78 is 0. The standard InChI is InChI=1S/C11H21Br/c1-2-3-10-4-6-11(7-5-10)8-9-12/h10-11H,2-9H2,1H3/t10-,11-. The van der Waals surface area contributed by atoms with E-state index in [-0.39, 0.29) is 0 Å². The smallest absolute Gasteiger partial charge is 0.00339 e. The summed E-state index contributed by atoms with van der Waals surface area (Å²) in [5.41, 5.74) is 0. The van der Waals surface area contributed by atoms with Crippen LogP contribution in [-0.4, -0.2) is 5.33 Å². The van der Waals surface area contributed by atoms with Crippen LogP contribution in [-0.2, 0) is 0 Å². The molecule has 1 aliphatic rings. The van der Waals surface area contributed by atoms with Crippen LogP contribution in [0.1, 0.15) is 51.9 Å². The summed E-state index contributed by atoms with van der Waals surface area (Å²) in [6, 6.07) is 0. The molecule has 0 aliphatic heterocycles. The lowest BCUT2D eigenvalue weighted by atomic mass is 9.79. The second kappa shape index (κ2) is 6.01. The summed E-state index contributed by atoms with van der Waals surface area (Å²) in [6.45, 7) is 2.31. The van der Waals surface area contributed by atoms with Gasteiger partial charge in [0.2, 0.25) is 0 Å². The van der Waals surface area contributed by atoms with Crippen molar-refractivity contribution < 1.29 is 0 Å². The van der Waals surface area contributed by atoms with Crippen LogP contribution in [0.3, 0.4) is 0 Å². The summed E-state index contributed by atoms with van der Waals surface area (Å²) >= 11 is 3.53. The van der Waals surface area contributed by atoms with Gasteiger partial charge in [-0.05, 0) is 18.3 Å². The van der Waals surface area contributed by atoms with Gasteiger partial charge in [-0.25, -0.2) is 0 Å². The van der Waals surface area contributed by atoms with Crippen molar-refractivity contribution in [3.8, 4) is 0 Å². The quantitative estimate of drug-likeness (QED) is 0.632. The van der Waals surface area contributed by atoms with Crippen LogP contribution < -0.4 is 0 Å². The van der Waals surface area contributed by atoms with Crippen LogP contribution in [0.2, 0.25) is 0 Å². The minimum Gasteiger partial charge on any atom is -0.0928 e. The summed E-state index contributed by atoms with van der Waals surface area (Å²) in [4.78, 5) is 0. The molecule has 0 spiro atoms. The monoisotopic (exact) mass is 232 g/mol. The van der Waals surface area contributed by atoms with E-state index in [4.69, 9.17) is 0 Å². The van der Waals surface area contributed by atoms with Crippen molar-refractivity contribution in [2.45, 2.75) is 51.9 Å². The molecule has 0 aromatic rings. The van der Waals surface area contributed by atoms with Crippen LogP contribution in [0.5, 0.6) is 0 Å². The highest BCUT2D eigenvalue weighted by atomic mass is 79.9. The van der Waals surface area contributed by atoms with E-state index in [1.807, 2.05) is 0 Å². The molecule has 0 atom stereocenters. The molecule has 0 aromatic carbocycles. The number of hydrogen-bond donors (Lipinski definition) is 0. The first kappa shape index (κ1) is 10.6. The van der Waals surface area contributed by atoms with Crippen molar-refractivity contribution in [1.82, 2.24) is 0 Å². The lowest BCUT2D eigenvalue weighted by Gasteiger charge is -2.27.